The smallest absolute Gasteiger partial charge is 0.274 e. The van der Waals surface area contributed by atoms with Gasteiger partial charge in [-0.1, -0.05) is 0 Å². The lowest BCUT2D eigenvalue weighted by Gasteiger charge is -2.32. The van der Waals surface area contributed by atoms with Crippen LogP contribution in [0, 0.1) is 12.8 Å². The monoisotopic (exact) mass is 400 g/mol. The number of amides is 2. The van der Waals surface area contributed by atoms with Crippen molar-refractivity contribution in [3.63, 3.8) is 0 Å². The summed E-state index contributed by atoms with van der Waals surface area (Å²) in [5.74, 6) is 0.0143. The van der Waals surface area contributed by atoms with Gasteiger partial charge in [0.05, 0.1) is 24.0 Å². The summed E-state index contributed by atoms with van der Waals surface area (Å²) in [6, 6.07) is 0. The van der Waals surface area contributed by atoms with Gasteiger partial charge in [0.2, 0.25) is 0 Å². The zero-order valence-corrected chi connectivity index (χ0v) is 17.0. The molecule has 0 saturated carbocycles. The molecule has 0 spiro atoms. The molecule has 0 aliphatic carbocycles. The molecule has 2 amide bonds. The number of hydrogen-bond donors (Lipinski definition) is 2. The number of carbonyl (C=O) groups is 2. The Morgan fingerprint density at radius 2 is 2.10 bits per heavy atom. The number of likely N-dealkylation sites (tertiary alicyclic amines) is 1. The Hall–Kier alpha value is -2.68. The number of H-pyrrole nitrogens is 1. The van der Waals surface area contributed by atoms with E-state index in [9.17, 15) is 14.7 Å². The third-order valence-electron chi connectivity index (χ3n) is 6.12. The van der Waals surface area contributed by atoms with E-state index in [0.717, 1.165) is 36.3 Å². The van der Waals surface area contributed by atoms with Gasteiger partial charge in [0.25, 0.3) is 11.8 Å². The van der Waals surface area contributed by atoms with Crippen molar-refractivity contribution in [1.82, 2.24) is 29.8 Å². The molecule has 2 aromatic heterocycles. The van der Waals surface area contributed by atoms with Crippen molar-refractivity contribution in [2.24, 2.45) is 5.92 Å². The molecule has 29 heavy (non-hydrogen) atoms. The maximum Gasteiger partial charge on any atom is 0.274 e. The number of aryl methyl sites for hydroxylation is 1. The van der Waals surface area contributed by atoms with Crippen LogP contribution in [0.2, 0.25) is 0 Å². The SMILES string of the molecule is CCn1ncc(C(=O)N2CCc3c(C(=O)N4CCCC(CO)C4)n[nH]c3C2)c1C. The molecule has 1 fully saturated rings. The van der Waals surface area contributed by atoms with Crippen molar-refractivity contribution in [1.29, 1.82) is 0 Å². The number of rotatable bonds is 4. The average Bonchev–Trinajstić information content (AvgIpc) is 3.35. The van der Waals surface area contributed by atoms with E-state index in [1.54, 1.807) is 16.0 Å². The van der Waals surface area contributed by atoms with Gasteiger partial charge in [-0.25, -0.2) is 0 Å². The van der Waals surface area contributed by atoms with E-state index in [-0.39, 0.29) is 24.3 Å². The van der Waals surface area contributed by atoms with E-state index in [1.807, 2.05) is 18.5 Å². The van der Waals surface area contributed by atoms with Crippen LogP contribution in [0.25, 0.3) is 0 Å². The fraction of sp³-hybridized carbons (Fsp3) is 0.600. The molecular weight excluding hydrogens is 372 g/mol. The van der Waals surface area contributed by atoms with Crippen molar-refractivity contribution in [3.8, 4) is 0 Å². The van der Waals surface area contributed by atoms with Crippen LogP contribution in [0.3, 0.4) is 0 Å². The van der Waals surface area contributed by atoms with Crippen molar-refractivity contribution in [3.05, 3.63) is 34.4 Å². The fourth-order valence-electron chi connectivity index (χ4n) is 4.36. The summed E-state index contributed by atoms with van der Waals surface area (Å²) >= 11 is 0. The van der Waals surface area contributed by atoms with Crippen LogP contribution in [0.1, 0.15) is 57.6 Å². The molecule has 1 unspecified atom stereocenters. The Balaban J connectivity index is 1.49. The number of piperidine rings is 1. The van der Waals surface area contributed by atoms with E-state index < -0.39 is 0 Å². The number of hydrogen-bond acceptors (Lipinski definition) is 5. The molecule has 2 N–H and O–H groups in total. The Bertz CT molecular complexity index is 917. The van der Waals surface area contributed by atoms with Gasteiger partial charge >= 0.3 is 0 Å². The van der Waals surface area contributed by atoms with Gasteiger partial charge in [0.15, 0.2) is 5.69 Å². The minimum atomic E-state index is -0.0829. The number of fused-ring (bicyclic) bond motifs is 1. The summed E-state index contributed by atoms with van der Waals surface area (Å²) in [7, 11) is 0. The molecule has 9 heteroatoms. The maximum absolute atomic E-state index is 13.0. The summed E-state index contributed by atoms with van der Waals surface area (Å²) < 4.78 is 1.81. The molecule has 1 atom stereocenters. The standard InChI is InChI=1S/C20H28N6O3/c1-3-26-13(2)16(9-21-26)19(28)25-8-6-15-17(11-25)22-23-18(15)20(29)24-7-4-5-14(10-24)12-27/h9,14,27H,3-8,10-12H2,1-2H3,(H,22,23). The summed E-state index contributed by atoms with van der Waals surface area (Å²) in [5, 5.41) is 21.0. The molecule has 2 aliphatic heterocycles. The van der Waals surface area contributed by atoms with Crippen molar-refractivity contribution < 1.29 is 14.7 Å². The topological polar surface area (TPSA) is 107 Å². The van der Waals surface area contributed by atoms with Crippen LogP contribution < -0.4 is 0 Å². The normalized spacial score (nSPS) is 19.3. The highest BCUT2D eigenvalue weighted by molar-refractivity contribution is 5.96. The van der Waals surface area contributed by atoms with Crippen LogP contribution in [0.4, 0.5) is 0 Å². The van der Waals surface area contributed by atoms with Crippen molar-refractivity contribution >= 4 is 11.8 Å². The minimum Gasteiger partial charge on any atom is -0.396 e. The van der Waals surface area contributed by atoms with Gasteiger partial charge in [-0.05, 0) is 39.0 Å². The highest BCUT2D eigenvalue weighted by atomic mass is 16.3. The highest BCUT2D eigenvalue weighted by Crippen LogP contribution is 2.25. The molecule has 2 aromatic rings. The number of aromatic nitrogens is 4. The lowest BCUT2D eigenvalue weighted by Crippen LogP contribution is -2.42. The van der Waals surface area contributed by atoms with Gasteiger partial charge in [-0.15, -0.1) is 0 Å². The van der Waals surface area contributed by atoms with E-state index in [1.165, 1.54) is 0 Å². The second-order valence-electron chi connectivity index (χ2n) is 7.91. The number of nitrogens with one attached hydrogen (secondary N) is 1. The molecular formula is C20H28N6O3. The maximum atomic E-state index is 13.0. The number of aliphatic hydroxyl groups excluding tert-OH is 1. The van der Waals surface area contributed by atoms with Crippen LogP contribution >= 0.6 is 0 Å². The molecule has 2 aliphatic rings. The molecule has 0 aromatic carbocycles. The largest absolute Gasteiger partial charge is 0.396 e. The second-order valence-corrected chi connectivity index (χ2v) is 7.91. The number of nitrogens with zero attached hydrogens (tertiary/aromatic N) is 5. The zero-order chi connectivity index (χ0) is 20.5. The van der Waals surface area contributed by atoms with Gasteiger partial charge in [0.1, 0.15) is 0 Å². The Kier molecular flexibility index (Phi) is 5.40. The van der Waals surface area contributed by atoms with Crippen molar-refractivity contribution in [2.45, 2.75) is 46.2 Å². The Morgan fingerprint density at radius 3 is 2.83 bits per heavy atom. The highest BCUT2D eigenvalue weighted by Gasteiger charge is 2.32. The van der Waals surface area contributed by atoms with Crippen LogP contribution in [0.15, 0.2) is 6.20 Å². The number of aliphatic hydroxyl groups is 1. The lowest BCUT2D eigenvalue weighted by atomic mass is 9.97. The molecule has 1 saturated heterocycles. The Labute approximate surface area is 169 Å². The summed E-state index contributed by atoms with van der Waals surface area (Å²) in [4.78, 5) is 29.5. The quantitative estimate of drug-likeness (QED) is 0.795. The second kappa shape index (κ2) is 7.98. The molecule has 156 valence electrons. The third-order valence-corrected chi connectivity index (χ3v) is 6.12. The summed E-state index contributed by atoms with van der Waals surface area (Å²) in [6.45, 7) is 6.95. The number of aromatic amines is 1. The van der Waals surface area contributed by atoms with E-state index in [2.05, 4.69) is 15.3 Å². The summed E-state index contributed by atoms with van der Waals surface area (Å²) in [6.07, 6.45) is 4.07. The first-order chi connectivity index (χ1) is 14.0. The molecule has 0 radical (unpaired) electrons. The molecule has 4 rings (SSSR count). The first kappa shape index (κ1) is 19.6. The van der Waals surface area contributed by atoms with Crippen LogP contribution in [0.5, 0.6) is 0 Å². The fourth-order valence-corrected chi connectivity index (χ4v) is 4.36. The summed E-state index contributed by atoms with van der Waals surface area (Å²) in [5.41, 5.74) is 3.68. The van der Waals surface area contributed by atoms with Crippen LogP contribution in [-0.2, 0) is 19.5 Å². The van der Waals surface area contributed by atoms with E-state index >= 15 is 0 Å². The van der Waals surface area contributed by atoms with E-state index in [4.69, 9.17) is 0 Å². The predicted molar refractivity (Wildman–Crippen MR) is 105 cm³/mol. The minimum absolute atomic E-state index is 0.0443. The zero-order valence-electron chi connectivity index (χ0n) is 17.0. The van der Waals surface area contributed by atoms with Crippen molar-refractivity contribution in [2.75, 3.05) is 26.2 Å². The lowest BCUT2D eigenvalue weighted by molar-refractivity contribution is 0.0613. The third kappa shape index (κ3) is 3.55. The average molecular weight is 400 g/mol. The van der Waals surface area contributed by atoms with E-state index in [0.29, 0.717) is 43.9 Å². The van der Waals surface area contributed by atoms with Crippen LogP contribution in [-0.4, -0.2) is 72.9 Å². The molecule has 9 nitrogen and oxygen atoms in total. The number of carbonyl (C=O) groups excluding carboxylic acids is 2. The van der Waals surface area contributed by atoms with Gasteiger partial charge in [-0.3, -0.25) is 19.4 Å². The predicted octanol–water partition coefficient (Wildman–Crippen LogP) is 0.978. The first-order valence-electron chi connectivity index (χ1n) is 10.3. The first-order valence-corrected chi connectivity index (χ1v) is 10.3. The molecule has 0 bridgehead atoms. The van der Waals surface area contributed by atoms with Gasteiger partial charge in [-0.2, -0.15) is 10.2 Å². The van der Waals surface area contributed by atoms with Gasteiger partial charge in [0, 0.05) is 44.0 Å². The Morgan fingerprint density at radius 1 is 1.28 bits per heavy atom. The molecule has 4 heterocycles. The van der Waals surface area contributed by atoms with Gasteiger partial charge < -0.3 is 14.9 Å².